The molecule has 20 heavy (non-hydrogen) atoms. The Bertz CT molecular complexity index is 385. The van der Waals surface area contributed by atoms with E-state index in [-0.39, 0.29) is 0 Å². The molecule has 0 aromatic heterocycles. The first-order valence-electron chi connectivity index (χ1n) is 6.51. The Morgan fingerprint density at radius 3 is 1.40 bits per heavy atom. The minimum absolute atomic E-state index is 0.361. The first kappa shape index (κ1) is 18.8. The Kier molecular flexibility index (Phi) is 8.30. The van der Waals surface area contributed by atoms with Gasteiger partial charge in [0.15, 0.2) is 11.4 Å². The smallest absolute Gasteiger partial charge is 0.298 e. The molecule has 0 aromatic carbocycles. The van der Waals surface area contributed by atoms with Crippen LogP contribution in [0.2, 0.25) is 0 Å². The minimum atomic E-state index is -2.97. The van der Waals surface area contributed by atoms with Gasteiger partial charge in [0.25, 0.3) is 0 Å². The lowest BCUT2D eigenvalue weighted by molar-refractivity contribution is 0.00941. The maximum Gasteiger partial charge on any atom is 0.320 e. The highest BCUT2D eigenvalue weighted by molar-refractivity contribution is 7.33. The Labute approximate surface area is 118 Å². The van der Waals surface area contributed by atoms with Crippen molar-refractivity contribution in [3.05, 3.63) is 20.9 Å². The summed E-state index contributed by atoms with van der Waals surface area (Å²) in [4.78, 5) is 5.43. The third-order valence-corrected chi connectivity index (χ3v) is 4.30. The molecule has 0 radical (unpaired) electrons. The first-order valence-corrected chi connectivity index (χ1v) is 7.74. The monoisotopic (exact) mass is 304 g/mol. The lowest BCUT2D eigenvalue weighted by atomic mass is 10.1. The molecule has 114 valence electrons. The molecule has 0 unspecified atom stereocenters. The van der Waals surface area contributed by atoms with Crippen LogP contribution in [0.3, 0.4) is 0 Å². The summed E-state index contributed by atoms with van der Waals surface area (Å²) < 4.78 is 22.6. The van der Waals surface area contributed by atoms with Gasteiger partial charge in [-0.05, 0) is 36.7 Å². The van der Waals surface area contributed by atoms with Crippen molar-refractivity contribution in [2.45, 2.75) is 64.8 Å². The minimum Gasteiger partial charge on any atom is -0.298 e. The van der Waals surface area contributed by atoms with Crippen molar-refractivity contribution in [2.75, 3.05) is 0 Å². The van der Waals surface area contributed by atoms with E-state index in [0.29, 0.717) is 25.7 Å². The van der Waals surface area contributed by atoms with E-state index >= 15 is 0 Å². The summed E-state index contributed by atoms with van der Waals surface area (Å²) >= 11 is 0. The van der Waals surface area contributed by atoms with E-state index in [9.17, 15) is 4.57 Å². The van der Waals surface area contributed by atoms with Crippen LogP contribution >= 0.6 is 8.25 Å². The largest absolute Gasteiger partial charge is 0.320 e. The molecule has 0 rings (SSSR count). The zero-order valence-electron chi connectivity index (χ0n) is 12.2. The van der Waals surface area contributed by atoms with E-state index < -0.39 is 19.7 Å². The van der Waals surface area contributed by atoms with Crippen LogP contribution < -0.4 is 0 Å². The van der Waals surface area contributed by atoms with E-state index in [1.807, 2.05) is 0 Å². The summed E-state index contributed by atoms with van der Waals surface area (Å²) in [6.07, 6.45) is 1.44. The van der Waals surface area contributed by atoms with Crippen LogP contribution in [-0.4, -0.2) is 11.4 Å². The van der Waals surface area contributed by atoms with E-state index in [1.165, 1.54) is 0 Å². The molecule has 0 amide bonds. The summed E-state index contributed by atoms with van der Waals surface area (Å²) in [5.74, 6) is 0. The molecule has 0 bridgehead atoms. The van der Waals surface area contributed by atoms with Crippen LogP contribution in [0.5, 0.6) is 0 Å². The van der Waals surface area contributed by atoms with E-state index in [0.717, 1.165) is 0 Å². The van der Waals surface area contributed by atoms with Crippen LogP contribution in [0.25, 0.3) is 20.9 Å². The molecule has 0 heterocycles. The lowest BCUT2D eigenvalue weighted by Gasteiger charge is -2.30. The van der Waals surface area contributed by atoms with Crippen LogP contribution in [-0.2, 0) is 13.6 Å². The van der Waals surface area contributed by atoms with Crippen LogP contribution in [0.15, 0.2) is 10.2 Å². The van der Waals surface area contributed by atoms with Gasteiger partial charge < -0.3 is 0 Å². The molecular formula is C10H21N6O3P. The Balaban J connectivity index is 5.08. The van der Waals surface area contributed by atoms with Gasteiger partial charge >= 0.3 is 8.25 Å². The summed E-state index contributed by atoms with van der Waals surface area (Å²) in [5, 5.41) is 7.12. The number of rotatable bonds is 10. The van der Waals surface area contributed by atoms with Gasteiger partial charge in [-0.15, -0.1) is 0 Å². The SMILES string of the molecule is CCC(CC)(N=[N+]=[N-])O[PH](=O)OC(CC)(CC)N=[N+]=[N-]. The molecule has 10 heteroatoms. The zero-order valence-corrected chi connectivity index (χ0v) is 13.2. The first-order chi connectivity index (χ1) is 9.46. The molecular weight excluding hydrogens is 283 g/mol. The fourth-order valence-corrected chi connectivity index (χ4v) is 2.93. The van der Waals surface area contributed by atoms with Crippen molar-refractivity contribution in [1.29, 1.82) is 0 Å². The zero-order chi connectivity index (χ0) is 15.6. The van der Waals surface area contributed by atoms with Gasteiger partial charge in [0.1, 0.15) is 0 Å². The van der Waals surface area contributed by atoms with E-state index in [1.54, 1.807) is 27.7 Å². The third kappa shape index (κ3) is 5.04. The maximum absolute atomic E-state index is 12.0. The van der Waals surface area contributed by atoms with Crippen LogP contribution in [0.4, 0.5) is 0 Å². The number of hydrogen-bond acceptors (Lipinski definition) is 5. The Hall–Kier alpha value is -1.23. The Morgan fingerprint density at radius 2 is 1.20 bits per heavy atom. The average Bonchev–Trinajstić information content (AvgIpc) is 2.46. The van der Waals surface area contributed by atoms with Crippen LogP contribution in [0.1, 0.15) is 53.4 Å². The topological polar surface area (TPSA) is 133 Å². The summed E-state index contributed by atoms with van der Waals surface area (Å²) in [6.45, 7) is 7.03. The van der Waals surface area contributed by atoms with Gasteiger partial charge in [0.2, 0.25) is 0 Å². The van der Waals surface area contributed by atoms with Crippen LogP contribution in [0, 0.1) is 0 Å². The molecule has 0 aliphatic heterocycles. The Morgan fingerprint density at radius 1 is 0.900 bits per heavy atom. The molecule has 0 aliphatic carbocycles. The fourth-order valence-electron chi connectivity index (χ4n) is 1.61. The van der Waals surface area contributed by atoms with Crippen molar-refractivity contribution in [2.24, 2.45) is 10.2 Å². The second kappa shape index (κ2) is 8.84. The molecule has 0 spiro atoms. The fraction of sp³-hybridized carbons (Fsp3) is 1.00. The van der Waals surface area contributed by atoms with Gasteiger partial charge in [0.05, 0.1) is 0 Å². The molecule has 0 aromatic rings. The second-order valence-corrected chi connectivity index (χ2v) is 5.05. The lowest BCUT2D eigenvalue weighted by Crippen LogP contribution is -2.29. The average molecular weight is 304 g/mol. The predicted molar refractivity (Wildman–Crippen MR) is 76.1 cm³/mol. The number of hydrogen-bond donors (Lipinski definition) is 0. The standard InChI is InChI=1S/C10H21N6O3P/c1-5-9(6-2,13-15-11)18-20(17)19-10(7-3,8-4)14-16-12/h20H,5-8H2,1-4H3. The molecule has 0 fully saturated rings. The third-order valence-electron chi connectivity index (χ3n) is 3.21. The molecule has 0 atom stereocenters. The second-order valence-electron chi connectivity index (χ2n) is 4.14. The highest BCUT2D eigenvalue weighted by atomic mass is 31.1. The van der Waals surface area contributed by atoms with Crippen molar-refractivity contribution >= 4 is 8.25 Å². The normalized spacial score (nSPS) is 13.2. The highest BCUT2D eigenvalue weighted by Crippen LogP contribution is 2.42. The summed E-state index contributed by atoms with van der Waals surface area (Å²) in [6, 6.07) is 0. The quantitative estimate of drug-likeness (QED) is 0.241. The van der Waals surface area contributed by atoms with Gasteiger partial charge in [-0.1, -0.05) is 37.9 Å². The van der Waals surface area contributed by atoms with Gasteiger partial charge in [-0.3, -0.25) is 13.6 Å². The van der Waals surface area contributed by atoms with Crippen molar-refractivity contribution in [3.63, 3.8) is 0 Å². The number of nitrogens with zero attached hydrogens (tertiary/aromatic N) is 6. The van der Waals surface area contributed by atoms with Gasteiger partial charge in [-0.2, -0.15) is 0 Å². The van der Waals surface area contributed by atoms with E-state index in [2.05, 4.69) is 20.1 Å². The molecule has 0 saturated carbocycles. The molecule has 0 saturated heterocycles. The number of azide groups is 2. The van der Waals surface area contributed by atoms with E-state index in [4.69, 9.17) is 20.1 Å². The van der Waals surface area contributed by atoms with Crippen molar-refractivity contribution in [1.82, 2.24) is 0 Å². The van der Waals surface area contributed by atoms with Crippen molar-refractivity contribution < 1.29 is 13.6 Å². The maximum atomic E-state index is 12.0. The molecule has 0 N–H and O–H groups in total. The molecule has 0 aliphatic rings. The van der Waals surface area contributed by atoms with Crippen molar-refractivity contribution in [3.8, 4) is 0 Å². The van der Waals surface area contributed by atoms with Gasteiger partial charge in [0, 0.05) is 9.82 Å². The predicted octanol–water partition coefficient (Wildman–Crippen LogP) is 5.06. The summed E-state index contributed by atoms with van der Waals surface area (Å²) in [5.41, 5.74) is 14.7. The van der Waals surface area contributed by atoms with Gasteiger partial charge in [-0.25, -0.2) is 0 Å². The highest BCUT2D eigenvalue weighted by Gasteiger charge is 2.33. The molecule has 9 nitrogen and oxygen atoms in total. The summed E-state index contributed by atoms with van der Waals surface area (Å²) in [7, 11) is -2.97.